The second-order valence-electron chi connectivity index (χ2n) is 17.7. The van der Waals surface area contributed by atoms with Gasteiger partial charge in [-0.05, 0) is 81.7 Å². The Labute approximate surface area is 349 Å². The molecule has 0 saturated heterocycles. The molecule has 0 spiro atoms. The molecule has 0 aromatic rings. The van der Waals surface area contributed by atoms with Gasteiger partial charge in [-0.15, -0.1) is 0 Å². The van der Waals surface area contributed by atoms with Crippen LogP contribution in [0.25, 0.3) is 0 Å². The molecule has 0 aliphatic heterocycles. The second kappa shape index (κ2) is 30.9. The maximum Gasteiger partial charge on any atom is 0.320 e. The van der Waals surface area contributed by atoms with Crippen molar-refractivity contribution in [1.29, 1.82) is 0 Å². The molecule has 3 N–H and O–H groups in total. The van der Waals surface area contributed by atoms with Crippen molar-refractivity contribution < 1.29 is 47.7 Å². The first kappa shape index (κ1) is 52.9. The number of rotatable bonds is 30. The largest absolute Gasteiger partial charge is 0.464 e. The first-order chi connectivity index (χ1) is 27.5. The van der Waals surface area contributed by atoms with Crippen LogP contribution in [-0.4, -0.2) is 123 Å². The van der Waals surface area contributed by atoms with Crippen LogP contribution in [0, 0.1) is 29.6 Å². The maximum absolute atomic E-state index is 14.5. The van der Waals surface area contributed by atoms with Crippen molar-refractivity contribution >= 4 is 35.6 Å². The molecule has 1 saturated carbocycles. The van der Waals surface area contributed by atoms with Gasteiger partial charge in [0, 0.05) is 5.92 Å². The van der Waals surface area contributed by atoms with E-state index in [0.717, 1.165) is 44.9 Å². The van der Waals surface area contributed by atoms with E-state index in [1.807, 2.05) is 55.4 Å². The minimum atomic E-state index is -0.999. The number of esters is 4. The normalized spacial score (nSPS) is 15.0. The molecule has 0 radical (unpaired) electrons. The highest BCUT2D eigenvalue weighted by molar-refractivity contribution is 5.92. The average molecular weight is 825 g/mol. The standard InChI is InChI=1S/C44H80N4O10/c1-32(2)28-55-39(49)24-47(25-40(50)56-29-33(3)4)23-17-15-21-38(48(26-41(51)57-30-34(5)6)27-42(52)58-31-35(7)8)44(54)46-37(20-14-16-22-45)43(53)36-18-12-10-9-11-13-19-36/h32-38H,9-31,45H2,1-8H3,(H,46,54)/t37-,38-/m0/s1. The smallest absolute Gasteiger partial charge is 0.320 e. The molecule has 1 rings (SSSR count). The number of Topliss-reactive ketones (excluding diaryl/α,β-unsaturated/α-hetero) is 1. The van der Waals surface area contributed by atoms with Gasteiger partial charge in [-0.1, -0.05) is 93.9 Å². The Kier molecular flexibility index (Phi) is 28.2. The van der Waals surface area contributed by atoms with Crippen LogP contribution in [-0.2, 0) is 47.7 Å². The van der Waals surface area contributed by atoms with Crippen molar-refractivity contribution in [3.63, 3.8) is 0 Å². The van der Waals surface area contributed by atoms with E-state index < -0.39 is 41.9 Å². The molecule has 2 atom stereocenters. The Morgan fingerprint density at radius 2 is 0.983 bits per heavy atom. The number of unbranched alkanes of at least 4 members (excludes halogenated alkanes) is 2. The number of carbonyl (C=O) groups excluding carboxylic acids is 6. The SMILES string of the molecule is CC(C)COC(=O)CN(CCCC[C@@H](C(=O)N[C@@H](CCCCN)C(=O)C1CCCCCCC1)N(CC(=O)OCC(C)C)CC(=O)OCC(C)C)CC(=O)OCC(C)C. The van der Waals surface area contributed by atoms with E-state index in [0.29, 0.717) is 45.2 Å². The fourth-order valence-electron chi connectivity index (χ4n) is 6.63. The second-order valence-corrected chi connectivity index (χ2v) is 17.7. The van der Waals surface area contributed by atoms with Gasteiger partial charge in [-0.3, -0.25) is 38.6 Å². The number of ketones is 1. The predicted octanol–water partition coefficient (Wildman–Crippen LogP) is 5.47. The molecule has 1 amide bonds. The fourth-order valence-corrected chi connectivity index (χ4v) is 6.63. The van der Waals surface area contributed by atoms with Gasteiger partial charge in [-0.25, -0.2) is 0 Å². The van der Waals surface area contributed by atoms with Crippen LogP contribution in [0.5, 0.6) is 0 Å². The number of hydrogen-bond acceptors (Lipinski definition) is 13. The lowest BCUT2D eigenvalue weighted by atomic mass is 9.84. The van der Waals surface area contributed by atoms with Crippen LogP contribution in [0.15, 0.2) is 0 Å². The molecule has 1 aliphatic carbocycles. The molecule has 336 valence electrons. The average Bonchev–Trinajstić information content (AvgIpc) is 3.13. The predicted molar refractivity (Wildman–Crippen MR) is 224 cm³/mol. The molecule has 58 heavy (non-hydrogen) atoms. The number of carbonyl (C=O) groups is 6. The summed E-state index contributed by atoms with van der Waals surface area (Å²) in [7, 11) is 0. The van der Waals surface area contributed by atoms with Crippen LogP contribution >= 0.6 is 0 Å². The summed E-state index contributed by atoms with van der Waals surface area (Å²) in [6.45, 7) is 16.2. The lowest BCUT2D eigenvalue weighted by molar-refractivity contribution is -0.153. The van der Waals surface area contributed by atoms with Crippen LogP contribution in [0.4, 0.5) is 0 Å². The first-order valence-corrected chi connectivity index (χ1v) is 22.1. The molecule has 0 aromatic heterocycles. The molecule has 0 heterocycles. The highest BCUT2D eigenvalue weighted by atomic mass is 16.5. The summed E-state index contributed by atoms with van der Waals surface area (Å²) >= 11 is 0. The Morgan fingerprint density at radius 3 is 1.41 bits per heavy atom. The van der Waals surface area contributed by atoms with Crippen LogP contribution in [0.2, 0.25) is 0 Å². The summed E-state index contributed by atoms with van der Waals surface area (Å²) in [5.74, 6) is -2.21. The number of nitrogens with zero attached hydrogens (tertiary/aromatic N) is 2. The zero-order chi connectivity index (χ0) is 43.5. The highest BCUT2D eigenvalue weighted by Gasteiger charge is 2.34. The van der Waals surface area contributed by atoms with Gasteiger partial charge in [0.15, 0.2) is 5.78 Å². The number of ether oxygens (including phenoxy) is 4. The first-order valence-electron chi connectivity index (χ1n) is 22.1. The van der Waals surface area contributed by atoms with Gasteiger partial charge in [0.05, 0.1) is 64.7 Å². The number of hydrogen-bond donors (Lipinski definition) is 2. The monoisotopic (exact) mass is 825 g/mol. The third-order valence-corrected chi connectivity index (χ3v) is 9.74. The van der Waals surface area contributed by atoms with Gasteiger partial charge in [-0.2, -0.15) is 0 Å². The Balaban J connectivity index is 3.43. The van der Waals surface area contributed by atoms with Gasteiger partial charge in [0.25, 0.3) is 0 Å². The third kappa shape index (κ3) is 25.4. The lowest BCUT2D eigenvalue weighted by Crippen LogP contribution is -2.54. The van der Waals surface area contributed by atoms with Gasteiger partial charge in [0.2, 0.25) is 5.91 Å². The Morgan fingerprint density at radius 1 is 0.569 bits per heavy atom. The van der Waals surface area contributed by atoms with E-state index >= 15 is 0 Å². The Hall–Kier alpha value is -3.10. The van der Waals surface area contributed by atoms with E-state index in [4.69, 9.17) is 24.7 Å². The zero-order valence-corrected chi connectivity index (χ0v) is 37.4. The molecule has 14 nitrogen and oxygen atoms in total. The Bertz CT molecular complexity index is 1150. The molecule has 1 fully saturated rings. The van der Waals surface area contributed by atoms with Crippen LogP contribution in [0.1, 0.15) is 139 Å². The summed E-state index contributed by atoms with van der Waals surface area (Å²) in [5.41, 5.74) is 5.81. The van der Waals surface area contributed by atoms with Crippen molar-refractivity contribution in [2.45, 2.75) is 151 Å². The minimum absolute atomic E-state index is 0.0228. The van der Waals surface area contributed by atoms with E-state index in [2.05, 4.69) is 5.32 Å². The van der Waals surface area contributed by atoms with Crippen LogP contribution < -0.4 is 11.1 Å². The molecular formula is C44H80N4O10. The molecule has 0 bridgehead atoms. The maximum atomic E-state index is 14.5. The fraction of sp³-hybridized carbons (Fsp3) is 0.864. The van der Waals surface area contributed by atoms with E-state index in [-0.39, 0.29) is 94.4 Å². The van der Waals surface area contributed by atoms with Crippen molar-refractivity contribution in [2.24, 2.45) is 35.3 Å². The zero-order valence-electron chi connectivity index (χ0n) is 37.4. The van der Waals surface area contributed by atoms with Gasteiger partial charge < -0.3 is 30.0 Å². The quantitative estimate of drug-likeness (QED) is 0.0529. The highest BCUT2D eigenvalue weighted by Crippen LogP contribution is 2.25. The van der Waals surface area contributed by atoms with E-state index in [1.165, 1.54) is 4.90 Å². The number of amides is 1. The van der Waals surface area contributed by atoms with Crippen molar-refractivity contribution in [1.82, 2.24) is 15.1 Å². The summed E-state index contributed by atoms with van der Waals surface area (Å²) in [6.07, 6.45) is 9.72. The molecule has 0 aromatic carbocycles. The molecular weight excluding hydrogens is 745 g/mol. The van der Waals surface area contributed by atoms with Crippen molar-refractivity contribution in [3.05, 3.63) is 0 Å². The van der Waals surface area contributed by atoms with Crippen LogP contribution in [0.3, 0.4) is 0 Å². The topological polar surface area (TPSA) is 184 Å². The van der Waals surface area contributed by atoms with Crippen molar-refractivity contribution in [3.8, 4) is 0 Å². The van der Waals surface area contributed by atoms with Gasteiger partial charge in [0.1, 0.15) is 0 Å². The third-order valence-electron chi connectivity index (χ3n) is 9.74. The van der Waals surface area contributed by atoms with E-state index in [9.17, 15) is 28.8 Å². The van der Waals surface area contributed by atoms with Crippen molar-refractivity contribution in [2.75, 3.05) is 65.7 Å². The number of nitrogens with two attached hydrogens (primary N) is 1. The summed E-state index contributed by atoms with van der Waals surface area (Å²) in [4.78, 5) is 83.7. The summed E-state index contributed by atoms with van der Waals surface area (Å²) < 4.78 is 21.8. The molecule has 0 unspecified atom stereocenters. The minimum Gasteiger partial charge on any atom is -0.464 e. The molecule has 1 aliphatic rings. The molecule has 14 heteroatoms. The summed E-state index contributed by atoms with van der Waals surface area (Å²) in [5, 5.41) is 3.08. The lowest BCUT2D eigenvalue weighted by Gasteiger charge is -2.32. The number of nitrogens with one attached hydrogen (secondary N) is 1. The van der Waals surface area contributed by atoms with E-state index in [1.54, 1.807) is 4.90 Å². The summed E-state index contributed by atoms with van der Waals surface area (Å²) in [6, 6.07) is -1.74. The van der Waals surface area contributed by atoms with Gasteiger partial charge >= 0.3 is 23.9 Å².